The van der Waals surface area contributed by atoms with Crippen molar-refractivity contribution in [2.24, 2.45) is 0 Å². The Morgan fingerprint density at radius 1 is 0.873 bits per heavy atom. The molecule has 3 aliphatic rings. The molecule has 0 saturated carbocycles. The Hall–Kier alpha value is -5.75. The van der Waals surface area contributed by atoms with E-state index in [0.717, 1.165) is 86.9 Å². The van der Waals surface area contributed by atoms with Crippen molar-refractivity contribution in [2.75, 3.05) is 62.7 Å². The van der Waals surface area contributed by atoms with E-state index in [9.17, 15) is 32.4 Å². The lowest BCUT2D eigenvalue weighted by Gasteiger charge is -2.35. The molecule has 1 unspecified atom stereocenters. The molecule has 0 aromatic heterocycles. The van der Waals surface area contributed by atoms with Crippen LogP contribution >= 0.6 is 11.8 Å². The standard InChI is InChI=1S/C46H53N7O8S2/c1-31-29-36(63(59,60)50-43(55)32-13-15-33(47)16-14-32)17-18-38(31)48-34(30-62-35-9-4-2-5-10-35)21-23-52-26-24-51(25-27-52)22-6-3-7-28-61-40-12-8-11-37-42(40)46(58)53(45(37)57)39-19-20-41(54)49-44(39)56/h2,4-5,8-18,29,34,39,48H,3,6-7,19-28,30,47H2,1H3,(H,50,55)(H,49,54,56)/t34-,39?/m1/s1. The first-order valence-corrected chi connectivity index (χ1v) is 23.7. The fraction of sp³-hybridized carbons (Fsp3) is 0.370. The second kappa shape index (κ2) is 20.6. The number of aryl methyl sites for hydroxylation is 1. The van der Waals surface area contributed by atoms with Gasteiger partial charge < -0.3 is 25.6 Å². The fourth-order valence-electron chi connectivity index (χ4n) is 7.95. The maximum Gasteiger partial charge on any atom is 0.266 e. The van der Waals surface area contributed by atoms with Crippen molar-refractivity contribution in [3.63, 3.8) is 0 Å². The number of unbranched alkanes of at least 4 members (excludes halogenated alkanes) is 2. The van der Waals surface area contributed by atoms with Crippen LogP contribution < -0.4 is 25.8 Å². The molecular weight excluding hydrogens is 843 g/mol. The largest absolute Gasteiger partial charge is 0.493 e. The fourth-order valence-corrected chi connectivity index (χ4v) is 10.00. The van der Waals surface area contributed by atoms with Crippen molar-refractivity contribution in [3.05, 3.63) is 113 Å². The Labute approximate surface area is 372 Å². The number of ether oxygens (including phenoxy) is 1. The second-order valence-electron chi connectivity index (χ2n) is 16.0. The van der Waals surface area contributed by atoms with Gasteiger partial charge in [0.05, 0.1) is 22.6 Å². The normalized spacial score (nSPS) is 17.6. The van der Waals surface area contributed by atoms with Crippen LogP contribution in [0, 0.1) is 6.92 Å². The third-order valence-corrected chi connectivity index (χ3v) is 14.0. The average Bonchev–Trinajstić information content (AvgIpc) is 3.53. The monoisotopic (exact) mass is 895 g/mol. The highest BCUT2D eigenvalue weighted by Gasteiger charge is 2.46. The highest BCUT2D eigenvalue weighted by Crippen LogP contribution is 2.34. The van der Waals surface area contributed by atoms with Gasteiger partial charge in [0.25, 0.3) is 27.7 Å². The zero-order chi connectivity index (χ0) is 44.5. The van der Waals surface area contributed by atoms with Crippen LogP contribution in [-0.4, -0.2) is 116 Å². The number of imide groups is 2. The molecule has 332 valence electrons. The van der Waals surface area contributed by atoms with Gasteiger partial charge >= 0.3 is 0 Å². The summed E-state index contributed by atoms with van der Waals surface area (Å²) >= 11 is 1.78. The maximum absolute atomic E-state index is 13.4. The lowest BCUT2D eigenvalue weighted by Crippen LogP contribution is -2.54. The number of benzene rings is 4. The SMILES string of the molecule is Cc1cc(S(=O)(=O)NC(=O)c2ccc(N)cc2)ccc1N[C@H](CCN1CCN(CCCCCOc2cccc3c2C(=O)N(C2CCC(=O)NC2=O)C3=O)CC1)CSc1ccccc1. The van der Waals surface area contributed by atoms with Gasteiger partial charge in [0.2, 0.25) is 11.8 Å². The number of anilines is 2. The topological polar surface area (TPSA) is 201 Å². The minimum atomic E-state index is -4.11. The van der Waals surface area contributed by atoms with E-state index in [-0.39, 0.29) is 40.5 Å². The van der Waals surface area contributed by atoms with E-state index in [1.54, 1.807) is 54.2 Å². The summed E-state index contributed by atoms with van der Waals surface area (Å²) in [6, 6.07) is 25.1. The number of thioether (sulfide) groups is 1. The van der Waals surface area contributed by atoms with Crippen molar-refractivity contribution in [3.8, 4) is 5.75 Å². The van der Waals surface area contributed by atoms with E-state index in [2.05, 4.69) is 37.3 Å². The number of sulfonamides is 1. The first kappa shape index (κ1) is 45.3. The zero-order valence-electron chi connectivity index (χ0n) is 35.2. The van der Waals surface area contributed by atoms with E-state index in [1.807, 2.05) is 25.1 Å². The number of nitrogens with one attached hydrogen (secondary N) is 3. The van der Waals surface area contributed by atoms with Gasteiger partial charge in [0.1, 0.15) is 11.8 Å². The number of carbonyl (C=O) groups excluding carboxylic acids is 5. The van der Waals surface area contributed by atoms with Gasteiger partial charge in [-0.2, -0.15) is 0 Å². The number of rotatable bonds is 19. The van der Waals surface area contributed by atoms with E-state index in [1.165, 1.54) is 23.1 Å². The van der Waals surface area contributed by atoms with Crippen LogP contribution in [0.15, 0.2) is 101 Å². The zero-order valence-corrected chi connectivity index (χ0v) is 36.8. The molecule has 2 atom stereocenters. The van der Waals surface area contributed by atoms with Crippen molar-refractivity contribution >= 4 is 62.7 Å². The van der Waals surface area contributed by atoms with Crippen molar-refractivity contribution in [2.45, 2.75) is 67.3 Å². The van der Waals surface area contributed by atoms with Gasteiger partial charge in [0.15, 0.2) is 0 Å². The molecule has 5 N–H and O–H groups in total. The van der Waals surface area contributed by atoms with Gasteiger partial charge in [-0.15, -0.1) is 11.8 Å². The molecule has 0 aliphatic carbocycles. The molecular formula is C46H53N7O8S2. The van der Waals surface area contributed by atoms with Crippen LogP contribution in [-0.2, 0) is 19.6 Å². The summed E-state index contributed by atoms with van der Waals surface area (Å²) < 4.78 is 34.5. The smallest absolute Gasteiger partial charge is 0.266 e. The molecule has 17 heteroatoms. The predicted octanol–water partition coefficient (Wildman–Crippen LogP) is 4.93. The van der Waals surface area contributed by atoms with E-state index >= 15 is 0 Å². The molecule has 7 rings (SSSR count). The minimum absolute atomic E-state index is 0.00357. The van der Waals surface area contributed by atoms with Gasteiger partial charge in [-0.05, 0) is 118 Å². The summed E-state index contributed by atoms with van der Waals surface area (Å²) in [4.78, 5) is 70.3. The molecule has 3 aliphatic heterocycles. The first-order valence-electron chi connectivity index (χ1n) is 21.3. The molecule has 0 radical (unpaired) electrons. The Kier molecular flexibility index (Phi) is 14.8. The van der Waals surface area contributed by atoms with Gasteiger partial charge in [-0.3, -0.25) is 34.2 Å². The Morgan fingerprint density at radius 2 is 1.60 bits per heavy atom. The van der Waals surface area contributed by atoms with Crippen LogP contribution in [0.25, 0.3) is 0 Å². The van der Waals surface area contributed by atoms with Crippen molar-refractivity contribution < 1.29 is 37.1 Å². The lowest BCUT2D eigenvalue weighted by molar-refractivity contribution is -0.136. The summed E-state index contributed by atoms with van der Waals surface area (Å²) in [5, 5.41) is 5.91. The van der Waals surface area contributed by atoms with E-state index in [0.29, 0.717) is 18.0 Å². The third kappa shape index (κ3) is 11.4. The summed E-state index contributed by atoms with van der Waals surface area (Å²) in [5.74, 6) is -1.78. The minimum Gasteiger partial charge on any atom is -0.493 e. The highest BCUT2D eigenvalue weighted by molar-refractivity contribution is 7.99. The van der Waals surface area contributed by atoms with Crippen LogP contribution in [0.4, 0.5) is 11.4 Å². The number of carbonyl (C=O) groups is 5. The van der Waals surface area contributed by atoms with Crippen LogP contribution in [0.1, 0.15) is 75.2 Å². The second-order valence-corrected chi connectivity index (χ2v) is 18.8. The van der Waals surface area contributed by atoms with Crippen molar-refractivity contribution in [1.82, 2.24) is 24.7 Å². The summed E-state index contributed by atoms with van der Waals surface area (Å²) in [6.07, 6.45) is 3.75. The van der Waals surface area contributed by atoms with Crippen LogP contribution in [0.5, 0.6) is 5.75 Å². The van der Waals surface area contributed by atoms with Crippen molar-refractivity contribution in [1.29, 1.82) is 0 Å². The molecule has 63 heavy (non-hydrogen) atoms. The molecule has 5 amide bonds. The van der Waals surface area contributed by atoms with E-state index in [4.69, 9.17) is 10.5 Å². The number of piperidine rings is 1. The Bertz CT molecular complexity index is 2430. The number of nitrogens with zero attached hydrogens (tertiary/aromatic N) is 3. The number of hydrogen-bond donors (Lipinski definition) is 4. The average molecular weight is 896 g/mol. The first-order chi connectivity index (χ1) is 30.4. The molecule has 0 spiro atoms. The molecule has 2 fully saturated rings. The number of nitrogens with two attached hydrogens (primary N) is 1. The highest BCUT2D eigenvalue weighted by atomic mass is 32.2. The van der Waals surface area contributed by atoms with Gasteiger partial charge in [0, 0.05) is 72.8 Å². The maximum atomic E-state index is 13.4. The number of piperazine rings is 1. The number of nitrogen functional groups attached to an aromatic ring is 1. The molecule has 2 saturated heterocycles. The summed E-state index contributed by atoms with van der Waals surface area (Å²) in [6.45, 7) is 7.96. The van der Waals surface area contributed by atoms with E-state index < -0.39 is 45.6 Å². The molecule has 0 bridgehead atoms. The number of hydrogen-bond acceptors (Lipinski definition) is 13. The van der Waals surface area contributed by atoms with Gasteiger partial charge in [-0.1, -0.05) is 24.3 Å². The third-order valence-electron chi connectivity index (χ3n) is 11.5. The Balaban J connectivity index is 0.849. The summed E-state index contributed by atoms with van der Waals surface area (Å²) in [5.41, 5.74) is 8.33. The van der Waals surface area contributed by atoms with Crippen LogP contribution in [0.3, 0.4) is 0 Å². The van der Waals surface area contributed by atoms with Gasteiger partial charge in [-0.25, -0.2) is 13.1 Å². The predicted molar refractivity (Wildman–Crippen MR) is 241 cm³/mol. The van der Waals surface area contributed by atoms with Crippen LogP contribution in [0.2, 0.25) is 0 Å². The molecule has 15 nitrogen and oxygen atoms in total. The Morgan fingerprint density at radius 3 is 2.32 bits per heavy atom. The lowest BCUT2D eigenvalue weighted by atomic mass is 10.0. The number of amides is 5. The summed E-state index contributed by atoms with van der Waals surface area (Å²) in [7, 11) is -4.11. The molecule has 3 heterocycles. The molecule has 4 aromatic rings. The number of fused-ring (bicyclic) bond motifs is 1. The quantitative estimate of drug-likeness (QED) is 0.0428. The molecule has 4 aromatic carbocycles.